The van der Waals surface area contributed by atoms with E-state index < -0.39 is 0 Å². The molecule has 5 heteroatoms. The minimum Gasteiger partial charge on any atom is -0.366 e. The molecule has 120 valence electrons. The molecule has 1 aromatic rings. The zero-order chi connectivity index (χ0) is 15.9. The van der Waals surface area contributed by atoms with Crippen LogP contribution in [-0.4, -0.2) is 43.7 Å². The van der Waals surface area contributed by atoms with Gasteiger partial charge in [0.05, 0.1) is 5.69 Å². The van der Waals surface area contributed by atoms with Crippen molar-refractivity contribution in [2.24, 2.45) is 0 Å². The predicted octanol–water partition coefficient (Wildman–Crippen LogP) is 2.73. The van der Waals surface area contributed by atoms with Crippen molar-refractivity contribution in [1.29, 1.82) is 0 Å². The maximum Gasteiger partial charge on any atom is 0.317 e. The Kier molecular flexibility index (Phi) is 3.75. The van der Waals surface area contributed by atoms with Crippen molar-refractivity contribution in [3.63, 3.8) is 0 Å². The Balaban J connectivity index is 1.91. The molecule has 3 rings (SSSR count). The van der Waals surface area contributed by atoms with Gasteiger partial charge in [0.25, 0.3) is 0 Å². The van der Waals surface area contributed by atoms with Gasteiger partial charge in [0.2, 0.25) is 0 Å². The predicted molar refractivity (Wildman–Crippen MR) is 85.8 cm³/mol. The Bertz CT molecular complexity index is 579. The highest BCUT2D eigenvalue weighted by molar-refractivity contribution is 5.74. The van der Waals surface area contributed by atoms with Crippen LogP contribution in [-0.2, 0) is 5.41 Å². The number of hydrogen-bond donors (Lipinski definition) is 1. The van der Waals surface area contributed by atoms with Gasteiger partial charge in [-0.2, -0.15) is 0 Å². The molecule has 1 aromatic carbocycles. The summed E-state index contributed by atoms with van der Waals surface area (Å²) in [5, 5.41) is 2.69. The summed E-state index contributed by atoms with van der Waals surface area (Å²) in [4.78, 5) is 15.8. The zero-order valence-electron chi connectivity index (χ0n) is 13.5. The normalized spacial score (nSPS) is 19.7. The van der Waals surface area contributed by atoms with E-state index in [9.17, 15) is 9.18 Å². The summed E-state index contributed by atoms with van der Waals surface area (Å²) in [7, 11) is 1.66. The van der Waals surface area contributed by atoms with E-state index in [1.165, 1.54) is 0 Å². The summed E-state index contributed by atoms with van der Waals surface area (Å²) >= 11 is 0. The Morgan fingerprint density at radius 1 is 1.32 bits per heavy atom. The number of nitrogens with one attached hydrogen (secondary N) is 1. The fourth-order valence-corrected chi connectivity index (χ4v) is 3.89. The number of piperidine rings is 1. The molecule has 0 saturated carbocycles. The molecular weight excluding hydrogens is 281 g/mol. The van der Waals surface area contributed by atoms with E-state index in [1.54, 1.807) is 13.1 Å². The molecule has 0 aliphatic carbocycles. The Morgan fingerprint density at radius 3 is 2.59 bits per heavy atom. The highest BCUT2D eigenvalue weighted by atomic mass is 19.1. The van der Waals surface area contributed by atoms with E-state index in [2.05, 4.69) is 30.1 Å². The number of para-hydroxylation sites is 1. The summed E-state index contributed by atoms with van der Waals surface area (Å²) < 4.78 is 14.4. The second kappa shape index (κ2) is 5.45. The molecule has 0 atom stereocenters. The van der Waals surface area contributed by atoms with Crippen LogP contribution in [0.1, 0.15) is 32.3 Å². The number of carbonyl (C=O) groups excluding carboxylic acids is 1. The monoisotopic (exact) mass is 305 g/mol. The molecule has 1 N–H and O–H groups in total. The van der Waals surface area contributed by atoms with E-state index in [-0.39, 0.29) is 23.3 Å². The van der Waals surface area contributed by atoms with Crippen LogP contribution in [0.2, 0.25) is 0 Å². The Hall–Kier alpha value is -1.78. The van der Waals surface area contributed by atoms with Crippen molar-refractivity contribution in [2.45, 2.75) is 38.1 Å². The van der Waals surface area contributed by atoms with Crippen LogP contribution in [0.4, 0.5) is 14.9 Å². The van der Waals surface area contributed by atoms with Gasteiger partial charge in [-0.25, -0.2) is 9.18 Å². The number of amides is 2. The average molecular weight is 305 g/mol. The molecule has 0 radical (unpaired) electrons. The third-order valence-electron chi connectivity index (χ3n) is 5.16. The summed E-state index contributed by atoms with van der Waals surface area (Å²) in [5.41, 5.74) is 1.87. The topological polar surface area (TPSA) is 35.6 Å². The van der Waals surface area contributed by atoms with Crippen molar-refractivity contribution < 1.29 is 9.18 Å². The summed E-state index contributed by atoms with van der Waals surface area (Å²) in [5.74, 6) is -0.128. The van der Waals surface area contributed by atoms with Crippen LogP contribution in [0.25, 0.3) is 0 Å². The first-order valence-electron chi connectivity index (χ1n) is 8.01. The lowest BCUT2D eigenvalue weighted by Crippen LogP contribution is -2.49. The lowest BCUT2D eigenvalue weighted by atomic mass is 9.74. The Labute approximate surface area is 131 Å². The lowest BCUT2D eigenvalue weighted by molar-refractivity contribution is 0.163. The highest BCUT2D eigenvalue weighted by Crippen LogP contribution is 2.48. The number of hydrogen-bond acceptors (Lipinski definition) is 2. The number of nitrogens with zero attached hydrogens (tertiary/aromatic N) is 2. The van der Waals surface area contributed by atoms with E-state index >= 15 is 0 Å². The van der Waals surface area contributed by atoms with Gasteiger partial charge in [-0.1, -0.05) is 12.1 Å². The molecule has 0 bridgehead atoms. The molecule has 2 aliphatic rings. The van der Waals surface area contributed by atoms with Gasteiger partial charge in [-0.15, -0.1) is 0 Å². The minimum atomic E-state index is -0.128. The summed E-state index contributed by atoms with van der Waals surface area (Å²) in [6, 6.07) is 5.67. The molecule has 4 nitrogen and oxygen atoms in total. The maximum atomic E-state index is 14.4. The maximum absolute atomic E-state index is 14.4. The second-order valence-electron chi connectivity index (χ2n) is 6.68. The fraction of sp³-hybridized carbons (Fsp3) is 0.588. The van der Waals surface area contributed by atoms with Gasteiger partial charge in [0.1, 0.15) is 5.82 Å². The van der Waals surface area contributed by atoms with Crippen LogP contribution >= 0.6 is 0 Å². The molecule has 2 aliphatic heterocycles. The number of likely N-dealkylation sites (tertiary alicyclic amines) is 1. The van der Waals surface area contributed by atoms with Crippen molar-refractivity contribution in [3.8, 4) is 0 Å². The Morgan fingerprint density at radius 2 is 2.00 bits per heavy atom. The van der Waals surface area contributed by atoms with Gasteiger partial charge in [-0.3, -0.25) is 0 Å². The van der Waals surface area contributed by atoms with Gasteiger partial charge >= 0.3 is 6.03 Å². The van der Waals surface area contributed by atoms with E-state index in [0.29, 0.717) is 0 Å². The summed E-state index contributed by atoms with van der Waals surface area (Å²) in [6.07, 6.45) is 1.78. The zero-order valence-corrected chi connectivity index (χ0v) is 13.5. The van der Waals surface area contributed by atoms with Gasteiger partial charge < -0.3 is 15.1 Å². The molecule has 2 heterocycles. The third-order valence-corrected chi connectivity index (χ3v) is 5.16. The number of fused-ring (bicyclic) bond motifs is 2. The quantitative estimate of drug-likeness (QED) is 0.866. The number of anilines is 1. The summed E-state index contributed by atoms with van der Waals surface area (Å²) in [6.45, 7) is 6.51. The van der Waals surface area contributed by atoms with Gasteiger partial charge in [-0.05, 0) is 38.3 Å². The minimum absolute atomic E-state index is 0.0203. The molecule has 0 aromatic heterocycles. The van der Waals surface area contributed by atoms with Crippen LogP contribution in [0, 0.1) is 5.82 Å². The first-order chi connectivity index (χ1) is 10.5. The molecular formula is C17H24FN3O. The van der Waals surface area contributed by atoms with Gasteiger partial charge in [0, 0.05) is 38.1 Å². The van der Waals surface area contributed by atoms with E-state index in [0.717, 1.165) is 43.7 Å². The fourth-order valence-electron chi connectivity index (χ4n) is 3.89. The first kappa shape index (κ1) is 15.1. The second-order valence-corrected chi connectivity index (χ2v) is 6.68. The van der Waals surface area contributed by atoms with Gasteiger partial charge in [0.15, 0.2) is 0 Å². The molecule has 0 unspecified atom stereocenters. The first-order valence-corrected chi connectivity index (χ1v) is 8.01. The number of rotatable bonds is 1. The lowest BCUT2D eigenvalue weighted by Gasteiger charge is -2.40. The van der Waals surface area contributed by atoms with Crippen molar-refractivity contribution in [2.75, 3.05) is 31.6 Å². The van der Waals surface area contributed by atoms with Crippen LogP contribution in [0.3, 0.4) is 0 Å². The van der Waals surface area contributed by atoms with Crippen LogP contribution in [0.15, 0.2) is 18.2 Å². The van der Waals surface area contributed by atoms with Crippen molar-refractivity contribution >= 4 is 11.7 Å². The third kappa shape index (κ3) is 2.23. The highest BCUT2D eigenvalue weighted by Gasteiger charge is 2.46. The molecule has 1 spiro atoms. The van der Waals surface area contributed by atoms with Crippen LogP contribution in [0.5, 0.6) is 0 Å². The molecule has 22 heavy (non-hydrogen) atoms. The SMILES string of the molecule is CNC(=O)N1CCC2(CC1)CN(C(C)C)c1c(F)cccc12. The number of carbonyl (C=O) groups is 1. The van der Waals surface area contributed by atoms with E-state index in [4.69, 9.17) is 0 Å². The van der Waals surface area contributed by atoms with Crippen LogP contribution < -0.4 is 10.2 Å². The molecule has 1 saturated heterocycles. The van der Waals surface area contributed by atoms with E-state index in [1.807, 2.05) is 11.0 Å². The molecule has 2 amide bonds. The van der Waals surface area contributed by atoms with Crippen molar-refractivity contribution in [3.05, 3.63) is 29.6 Å². The number of benzene rings is 1. The molecule has 1 fully saturated rings. The average Bonchev–Trinajstić information content (AvgIpc) is 2.84. The standard InChI is InChI=1S/C17H24FN3O/c1-12(2)21-11-17(13-5-4-6-14(18)15(13)21)7-9-20(10-8-17)16(22)19-3/h4-6,12H,7-11H2,1-3H3,(H,19,22). The number of urea groups is 1. The smallest absolute Gasteiger partial charge is 0.317 e. The largest absolute Gasteiger partial charge is 0.366 e. The van der Waals surface area contributed by atoms with Crippen molar-refractivity contribution in [1.82, 2.24) is 10.2 Å². The number of halogens is 1.